The van der Waals surface area contributed by atoms with E-state index in [0.717, 1.165) is 12.0 Å². The number of halogens is 3. The molecule has 120 valence electrons. The minimum absolute atomic E-state index is 0.0637. The molecule has 0 aromatic heterocycles. The molecule has 1 N–H and O–H groups in total. The van der Waals surface area contributed by atoms with Gasteiger partial charge in [-0.3, -0.25) is 0 Å². The topological polar surface area (TPSA) is 21.3 Å². The number of alkyl halides is 3. The molecule has 0 aliphatic heterocycles. The lowest BCUT2D eigenvalue weighted by Gasteiger charge is -2.18. The average Bonchev–Trinajstić information content (AvgIpc) is 2.43. The lowest BCUT2D eigenvalue weighted by molar-refractivity contribution is -0.0328. The number of thioether (sulfide) groups is 1. The van der Waals surface area contributed by atoms with E-state index in [0.29, 0.717) is 26.1 Å². The molecule has 2 nitrogen and oxygen atoms in total. The molecule has 0 radical (unpaired) electrons. The number of ether oxygens (including phenoxy) is 1. The van der Waals surface area contributed by atoms with Crippen LogP contribution in [0.5, 0.6) is 0 Å². The van der Waals surface area contributed by atoms with Gasteiger partial charge in [0.1, 0.15) is 0 Å². The molecule has 1 atom stereocenters. The summed E-state index contributed by atoms with van der Waals surface area (Å²) in [5.41, 5.74) is -2.98. The minimum Gasteiger partial charge on any atom is -0.383 e. The summed E-state index contributed by atoms with van der Waals surface area (Å²) in [5, 5.41) is 3.24. The van der Waals surface area contributed by atoms with Crippen molar-refractivity contribution in [2.75, 3.05) is 32.6 Å². The fourth-order valence-electron chi connectivity index (χ4n) is 2.05. The Bertz CT molecular complexity index is 373. The minimum atomic E-state index is -4.14. The second-order valence-electron chi connectivity index (χ2n) is 4.84. The Morgan fingerprint density at radius 1 is 1.24 bits per heavy atom. The molecule has 1 rings (SSSR count). The van der Waals surface area contributed by atoms with Gasteiger partial charge in [-0.05, 0) is 30.9 Å². The molecule has 0 bridgehead atoms. The highest BCUT2D eigenvalue weighted by atomic mass is 32.2. The molecule has 6 heteroatoms. The normalized spacial score (nSPS) is 13.3. The van der Waals surface area contributed by atoms with Gasteiger partial charge in [-0.25, -0.2) is 0 Å². The number of rotatable bonds is 10. The van der Waals surface area contributed by atoms with E-state index < -0.39 is 5.51 Å². The molecule has 21 heavy (non-hydrogen) atoms. The van der Waals surface area contributed by atoms with Gasteiger partial charge in [-0.1, -0.05) is 42.1 Å². The van der Waals surface area contributed by atoms with Crippen LogP contribution in [-0.2, 0) is 11.2 Å². The summed E-state index contributed by atoms with van der Waals surface area (Å²) in [5.74, 6) is 0.298. The van der Waals surface area contributed by atoms with Crippen molar-refractivity contribution < 1.29 is 17.9 Å². The van der Waals surface area contributed by atoms with Crippen LogP contribution in [0.1, 0.15) is 12.0 Å². The molecule has 0 aliphatic carbocycles. The molecule has 0 saturated heterocycles. The van der Waals surface area contributed by atoms with E-state index >= 15 is 0 Å². The van der Waals surface area contributed by atoms with Crippen molar-refractivity contribution in [3.05, 3.63) is 35.9 Å². The summed E-state index contributed by atoms with van der Waals surface area (Å²) >= 11 is 0.0637. The third-order valence-corrected chi connectivity index (χ3v) is 3.84. The Morgan fingerprint density at radius 3 is 2.57 bits per heavy atom. The van der Waals surface area contributed by atoms with Crippen molar-refractivity contribution in [3.8, 4) is 0 Å². The van der Waals surface area contributed by atoms with E-state index in [1.807, 2.05) is 30.3 Å². The number of nitrogens with one attached hydrogen (secondary N) is 1. The largest absolute Gasteiger partial charge is 0.441 e. The highest BCUT2D eigenvalue weighted by molar-refractivity contribution is 8.00. The first-order valence-corrected chi connectivity index (χ1v) is 7.94. The van der Waals surface area contributed by atoms with E-state index in [4.69, 9.17) is 4.74 Å². The van der Waals surface area contributed by atoms with Crippen LogP contribution in [0.4, 0.5) is 13.2 Å². The molecule has 0 heterocycles. The van der Waals surface area contributed by atoms with Crippen LogP contribution in [0, 0.1) is 5.92 Å². The van der Waals surface area contributed by atoms with E-state index in [2.05, 4.69) is 5.32 Å². The summed E-state index contributed by atoms with van der Waals surface area (Å²) in [7, 11) is 1.63. The zero-order chi connectivity index (χ0) is 15.6. The van der Waals surface area contributed by atoms with Gasteiger partial charge in [0, 0.05) is 19.4 Å². The lowest BCUT2D eigenvalue weighted by Crippen LogP contribution is -2.28. The number of benzene rings is 1. The van der Waals surface area contributed by atoms with Crippen LogP contribution in [-0.4, -0.2) is 38.1 Å². The van der Waals surface area contributed by atoms with Crippen LogP contribution in [0.3, 0.4) is 0 Å². The number of hydrogen-bond donors (Lipinski definition) is 1. The summed E-state index contributed by atoms with van der Waals surface area (Å²) in [4.78, 5) is 0. The predicted molar refractivity (Wildman–Crippen MR) is 81.5 cm³/mol. The molecule has 0 saturated carbocycles. The Balaban J connectivity index is 2.41. The second kappa shape index (κ2) is 10.1. The van der Waals surface area contributed by atoms with Gasteiger partial charge in [0.05, 0.1) is 6.61 Å². The van der Waals surface area contributed by atoms with Crippen LogP contribution < -0.4 is 5.32 Å². The van der Waals surface area contributed by atoms with Crippen molar-refractivity contribution in [1.29, 1.82) is 0 Å². The monoisotopic (exact) mass is 321 g/mol. The van der Waals surface area contributed by atoms with Gasteiger partial charge in [0.25, 0.3) is 0 Å². The standard InChI is InChI=1S/C15H22F3NOS/c1-20-9-8-19-12-14(7-10-21-15(16,17)18)11-13-5-3-2-4-6-13/h2-6,14,19H,7-12H2,1H3. The Kier molecular flexibility index (Phi) is 8.80. The summed E-state index contributed by atoms with van der Waals surface area (Å²) in [6.07, 6.45) is 1.33. The average molecular weight is 321 g/mol. The first kappa shape index (κ1) is 18.3. The first-order valence-electron chi connectivity index (χ1n) is 6.95. The van der Waals surface area contributed by atoms with Crippen LogP contribution >= 0.6 is 11.8 Å². The molecule has 1 unspecified atom stereocenters. The molecule has 1 aromatic carbocycles. The molecule has 0 fully saturated rings. The third kappa shape index (κ3) is 9.77. The molecule has 0 amide bonds. The van der Waals surface area contributed by atoms with Crippen molar-refractivity contribution in [2.24, 2.45) is 5.92 Å². The van der Waals surface area contributed by atoms with Crippen molar-refractivity contribution in [2.45, 2.75) is 18.3 Å². The van der Waals surface area contributed by atoms with Crippen LogP contribution in [0.25, 0.3) is 0 Å². The van der Waals surface area contributed by atoms with Gasteiger partial charge >= 0.3 is 5.51 Å². The smallest absolute Gasteiger partial charge is 0.383 e. The SMILES string of the molecule is COCCNCC(CCSC(F)(F)F)Cc1ccccc1. The van der Waals surface area contributed by atoms with Crippen molar-refractivity contribution in [1.82, 2.24) is 5.32 Å². The van der Waals surface area contributed by atoms with E-state index in [1.165, 1.54) is 0 Å². The van der Waals surface area contributed by atoms with Crippen LogP contribution in [0.2, 0.25) is 0 Å². The molecule has 1 aromatic rings. The number of hydrogen-bond acceptors (Lipinski definition) is 3. The van der Waals surface area contributed by atoms with E-state index in [9.17, 15) is 13.2 Å². The molecular weight excluding hydrogens is 299 g/mol. The van der Waals surface area contributed by atoms with E-state index in [-0.39, 0.29) is 23.4 Å². The predicted octanol–water partition coefficient (Wildman–Crippen LogP) is 3.72. The van der Waals surface area contributed by atoms with Gasteiger partial charge in [-0.2, -0.15) is 13.2 Å². The summed E-state index contributed by atoms with van der Waals surface area (Å²) in [6.45, 7) is 2.03. The Hall–Kier alpha value is -0.720. The highest BCUT2D eigenvalue weighted by Crippen LogP contribution is 2.31. The molecular formula is C15H22F3NOS. The van der Waals surface area contributed by atoms with Gasteiger partial charge in [0.15, 0.2) is 0 Å². The maximum Gasteiger partial charge on any atom is 0.441 e. The third-order valence-electron chi connectivity index (χ3n) is 3.08. The highest BCUT2D eigenvalue weighted by Gasteiger charge is 2.28. The summed E-state index contributed by atoms with van der Waals surface area (Å²) in [6, 6.07) is 9.87. The maximum absolute atomic E-state index is 12.2. The second-order valence-corrected chi connectivity index (χ2v) is 6.00. The molecule has 0 spiro atoms. The number of methoxy groups -OCH3 is 1. The fraction of sp³-hybridized carbons (Fsp3) is 0.600. The van der Waals surface area contributed by atoms with Gasteiger partial charge in [-0.15, -0.1) is 0 Å². The van der Waals surface area contributed by atoms with Crippen molar-refractivity contribution in [3.63, 3.8) is 0 Å². The lowest BCUT2D eigenvalue weighted by atomic mass is 9.97. The zero-order valence-corrected chi connectivity index (χ0v) is 13.0. The van der Waals surface area contributed by atoms with Gasteiger partial charge < -0.3 is 10.1 Å². The van der Waals surface area contributed by atoms with Crippen molar-refractivity contribution >= 4 is 11.8 Å². The van der Waals surface area contributed by atoms with Crippen LogP contribution in [0.15, 0.2) is 30.3 Å². The zero-order valence-electron chi connectivity index (χ0n) is 12.2. The van der Waals surface area contributed by atoms with Gasteiger partial charge in [0.2, 0.25) is 0 Å². The summed E-state index contributed by atoms with van der Waals surface area (Å²) < 4.78 is 41.6. The quantitative estimate of drug-likeness (QED) is 0.664. The molecule has 0 aliphatic rings. The first-order chi connectivity index (χ1) is 10.0. The maximum atomic E-state index is 12.2. The van der Waals surface area contributed by atoms with E-state index in [1.54, 1.807) is 7.11 Å². The fourth-order valence-corrected chi connectivity index (χ4v) is 2.73. The Labute approximate surface area is 128 Å². The Morgan fingerprint density at radius 2 is 1.95 bits per heavy atom.